The van der Waals surface area contributed by atoms with Gasteiger partial charge < -0.3 is 14.6 Å². The zero-order valence-electron chi connectivity index (χ0n) is 14.0. The fourth-order valence-corrected chi connectivity index (χ4v) is 1.94. The van der Waals surface area contributed by atoms with Crippen LogP contribution in [0.2, 0.25) is 0 Å². The lowest BCUT2D eigenvalue weighted by molar-refractivity contribution is -0.166. The lowest BCUT2D eigenvalue weighted by Gasteiger charge is -2.24. The molecule has 0 saturated heterocycles. The summed E-state index contributed by atoms with van der Waals surface area (Å²) in [6, 6.07) is 9.29. The molecule has 0 aromatic heterocycles. The number of carbonyl (C=O) groups excluding carboxylic acids is 2. The predicted molar refractivity (Wildman–Crippen MR) is 86.4 cm³/mol. The normalized spacial score (nSPS) is 13.8. The zero-order chi connectivity index (χ0) is 17.5. The Labute approximate surface area is 136 Å². The number of carbonyl (C=O) groups is 1. The summed E-state index contributed by atoms with van der Waals surface area (Å²) >= 11 is 0. The van der Waals surface area contributed by atoms with Crippen LogP contribution in [-0.4, -0.2) is 34.8 Å². The Morgan fingerprint density at radius 3 is 2.35 bits per heavy atom. The first kappa shape index (κ1) is 19.1. The Bertz CT molecular complexity index is 551. The number of hydrogen-bond acceptors (Lipinski definition) is 5. The van der Waals surface area contributed by atoms with E-state index in [9.17, 15) is 14.7 Å². The highest BCUT2D eigenvalue weighted by Gasteiger charge is 2.30. The Kier molecular flexibility index (Phi) is 7.17. The highest BCUT2D eigenvalue weighted by molar-refractivity contribution is 5.82. The molecule has 0 radical (unpaired) electrons. The topological polar surface area (TPSA) is 72.8 Å². The second kappa shape index (κ2) is 8.63. The third-order valence-electron chi connectivity index (χ3n) is 2.84. The van der Waals surface area contributed by atoms with Crippen molar-refractivity contribution in [3.8, 4) is 0 Å². The first-order valence-electron chi connectivity index (χ1n) is 7.53. The van der Waals surface area contributed by atoms with E-state index < -0.39 is 23.8 Å². The second-order valence-corrected chi connectivity index (χ2v) is 6.39. The number of aliphatic hydroxyl groups excluding tert-OH is 1. The zero-order valence-corrected chi connectivity index (χ0v) is 14.0. The van der Waals surface area contributed by atoms with Crippen LogP contribution >= 0.6 is 0 Å². The molecule has 1 aromatic carbocycles. The summed E-state index contributed by atoms with van der Waals surface area (Å²) in [7, 11) is 0. The van der Waals surface area contributed by atoms with Gasteiger partial charge in [0.05, 0.1) is 18.3 Å². The monoisotopic (exact) mass is 320 g/mol. The molecule has 0 spiro atoms. The molecule has 1 N–H and O–H groups in total. The van der Waals surface area contributed by atoms with Gasteiger partial charge in [-0.2, -0.15) is 0 Å². The van der Waals surface area contributed by atoms with E-state index in [0.29, 0.717) is 0 Å². The molecule has 0 fully saturated rings. The summed E-state index contributed by atoms with van der Waals surface area (Å²) in [5, 5.41) is 9.49. The van der Waals surface area contributed by atoms with Crippen molar-refractivity contribution < 1.29 is 24.2 Å². The molecule has 5 nitrogen and oxygen atoms in total. The summed E-state index contributed by atoms with van der Waals surface area (Å²) in [4.78, 5) is 23.5. The van der Waals surface area contributed by atoms with Crippen LogP contribution in [0.25, 0.3) is 0 Å². The molecule has 1 aromatic rings. The Morgan fingerprint density at radius 2 is 1.87 bits per heavy atom. The van der Waals surface area contributed by atoms with Crippen LogP contribution in [0, 0.1) is 0 Å². The van der Waals surface area contributed by atoms with Gasteiger partial charge >= 0.3 is 5.97 Å². The third-order valence-corrected chi connectivity index (χ3v) is 2.84. The van der Waals surface area contributed by atoms with Crippen molar-refractivity contribution in [3.63, 3.8) is 0 Å². The smallest absolute Gasteiger partial charge is 0.340 e. The maximum Gasteiger partial charge on any atom is 0.340 e. The number of aliphatic hydroxyl groups is 1. The molecule has 2 unspecified atom stereocenters. The molecular weight excluding hydrogens is 296 g/mol. The minimum atomic E-state index is -1.18. The average Bonchev–Trinajstić information content (AvgIpc) is 2.45. The van der Waals surface area contributed by atoms with Gasteiger partial charge in [-0.15, -0.1) is 0 Å². The molecule has 0 bridgehead atoms. The number of hydrogen-bond donors (Lipinski definition) is 1. The molecule has 0 aliphatic rings. The van der Waals surface area contributed by atoms with E-state index in [-0.39, 0.29) is 18.6 Å². The Balaban J connectivity index is 2.91. The molecule has 23 heavy (non-hydrogen) atoms. The summed E-state index contributed by atoms with van der Waals surface area (Å²) in [5.41, 5.74) is 0.207. The van der Waals surface area contributed by atoms with E-state index in [2.05, 4.69) is 0 Å². The average molecular weight is 320 g/mol. The van der Waals surface area contributed by atoms with E-state index in [4.69, 9.17) is 9.47 Å². The highest BCUT2D eigenvalue weighted by atomic mass is 16.6. The lowest BCUT2D eigenvalue weighted by Crippen LogP contribution is -2.35. The Hall–Kier alpha value is -1.94. The van der Waals surface area contributed by atoms with Gasteiger partial charge in [-0.3, -0.25) is 0 Å². The maximum atomic E-state index is 12.3. The van der Waals surface area contributed by atoms with Gasteiger partial charge in [0.2, 0.25) is 0 Å². The summed E-state index contributed by atoms with van der Waals surface area (Å²) < 4.78 is 10.9. The van der Waals surface area contributed by atoms with Crippen molar-refractivity contribution in [2.45, 2.75) is 58.5 Å². The van der Waals surface area contributed by atoms with Gasteiger partial charge in [0, 0.05) is 6.42 Å². The summed E-state index contributed by atoms with van der Waals surface area (Å²) in [5.74, 6) is 1.06. The van der Waals surface area contributed by atoms with Crippen molar-refractivity contribution in [2.24, 2.45) is 0 Å². The number of ether oxygens (including phenoxy) is 2. The molecule has 126 valence electrons. The second-order valence-electron chi connectivity index (χ2n) is 6.39. The van der Waals surface area contributed by atoms with E-state index in [1.165, 1.54) is 6.92 Å². The molecule has 0 amide bonds. The predicted octanol–water partition coefficient (Wildman–Crippen LogP) is 2.44. The highest BCUT2D eigenvalue weighted by Crippen LogP contribution is 2.18. The van der Waals surface area contributed by atoms with Gasteiger partial charge in [0.1, 0.15) is 11.5 Å². The van der Waals surface area contributed by atoms with Gasteiger partial charge in [-0.05, 0) is 33.3 Å². The van der Waals surface area contributed by atoms with Crippen molar-refractivity contribution in [1.82, 2.24) is 0 Å². The van der Waals surface area contributed by atoms with Crippen LogP contribution < -0.4 is 0 Å². The molecule has 0 saturated carbocycles. The van der Waals surface area contributed by atoms with Crippen LogP contribution in [-0.2, 0) is 25.7 Å². The van der Waals surface area contributed by atoms with E-state index in [1.807, 2.05) is 30.3 Å². The largest absolute Gasteiger partial charge is 0.458 e. The molecule has 0 aliphatic heterocycles. The van der Waals surface area contributed by atoms with Crippen LogP contribution in [0.4, 0.5) is 0 Å². The number of rotatable bonds is 7. The lowest BCUT2D eigenvalue weighted by atomic mass is 10.0. The first-order chi connectivity index (χ1) is 10.7. The first-order valence-corrected chi connectivity index (χ1v) is 7.53. The number of benzene rings is 1. The fraction of sp³-hybridized carbons (Fsp3) is 0.500. The fourth-order valence-electron chi connectivity index (χ4n) is 1.94. The molecule has 1 rings (SSSR count). The SMILES string of the molecule is CC(O)CC(=C=O)C(OCc1ccccc1)C(=O)OC(C)(C)C. The van der Waals surface area contributed by atoms with Crippen molar-refractivity contribution in [1.29, 1.82) is 0 Å². The molecule has 0 aliphatic carbocycles. The minimum absolute atomic E-state index is 0.00218. The van der Waals surface area contributed by atoms with Crippen LogP contribution in [0.5, 0.6) is 0 Å². The molecule has 0 heterocycles. The van der Waals surface area contributed by atoms with E-state index >= 15 is 0 Å². The van der Waals surface area contributed by atoms with E-state index in [1.54, 1.807) is 26.7 Å². The van der Waals surface area contributed by atoms with Crippen molar-refractivity contribution >= 4 is 11.9 Å². The van der Waals surface area contributed by atoms with Crippen LogP contribution in [0.3, 0.4) is 0 Å². The molecule has 5 heteroatoms. The van der Waals surface area contributed by atoms with Crippen LogP contribution in [0.1, 0.15) is 39.7 Å². The summed E-state index contributed by atoms with van der Waals surface area (Å²) in [6.07, 6.45) is -1.96. The van der Waals surface area contributed by atoms with Gasteiger partial charge in [0.25, 0.3) is 0 Å². The molecular formula is C18H24O5. The third kappa shape index (κ3) is 7.24. The quantitative estimate of drug-likeness (QED) is 0.617. The van der Waals surface area contributed by atoms with Crippen LogP contribution in [0.15, 0.2) is 35.9 Å². The van der Waals surface area contributed by atoms with Crippen molar-refractivity contribution in [3.05, 3.63) is 41.5 Å². The maximum absolute atomic E-state index is 12.3. The van der Waals surface area contributed by atoms with Gasteiger partial charge in [-0.25, -0.2) is 9.59 Å². The van der Waals surface area contributed by atoms with Crippen molar-refractivity contribution in [2.75, 3.05) is 0 Å². The minimum Gasteiger partial charge on any atom is -0.458 e. The van der Waals surface area contributed by atoms with Gasteiger partial charge in [-0.1, -0.05) is 30.3 Å². The number of esters is 1. The Morgan fingerprint density at radius 1 is 1.26 bits per heavy atom. The standard InChI is InChI=1S/C18H24O5/c1-13(20)10-15(11-19)16(17(21)23-18(2,3)4)22-12-14-8-6-5-7-9-14/h5-9,13,16,20H,10,12H2,1-4H3. The molecule has 2 atom stereocenters. The van der Waals surface area contributed by atoms with E-state index in [0.717, 1.165) is 5.56 Å². The summed E-state index contributed by atoms with van der Waals surface area (Å²) in [6.45, 7) is 6.88. The van der Waals surface area contributed by atoms with Gasteiger partial charge in [0.15, 0.2) is 6.10 Å².